The fourth-order valence-corrected chi connectivity index (χ4v) is 4.14. The number of H-pyrrole nitrogens is 1. The Morgan fingerprint density at radius 2 is 1.82 bits per heavy atom. The maximum atomic E-state index is 13.1. The van der Waals surface area contributed by atoms with Gasteiger partial charge >= 0.3 is 0 Å². The monoisotopic (exact) mass is 511 g/mol. The van der Waals surface area contributed by atoms with Crippen LogP contribution in [-0.4, -0.2) is 53.1 Å². The van der Waals surface area contributed by atoms with Gasteiger partial charge in [-0.05, 0) is 60.5 Å². The van der Waals surface area contributed by atoms with Gasteiger partial charge < -0.3 is 24.5 Å². The number of hydrogen-bond donors (Lipinski definition) is 2. The molecule has 0 radical (unpaired) electrons. The molecular formula is C29H29N5O4. The van der Waals surface area contributed by atoms with Crippen molar-refractivity contribution in [3.63, 3.8) is 0 Å². The molecule has 0 atom stereocenters. The van der Waals surface area contributed by atoms with Crippen LogP contribution in [0.25, 0.3) is 22.6 Å². The van der Waals surface area contributed by atoms with E-state index in [1.165, 1.54) is 0 Å². The Balaban J connectivity index is 1.42. The normalized spacial score (nSPS) is 11.0. The molecule has 0 saturated carbocycles. The Bertz CT molecular complexity index is 1520. The number of carbonyl (C=O) groups excluding carboxylic acids is 1. The maximum Gasteiger partial charge on any atom is 0.256 e. The number of benzene rings is 3. The third-order valence-corrected chi connectivity index (χ3v) is 6.13. The van der Waals surface area contributed by atoms with Crippen LogP contribution in [0.15, 0.2) is 72.8 Å². The van der Waals surface area contributed by atoms with Gasteiger partial charge in [0, 0.05) is 18.7 Å². The van der Waals surface area contributed by atoms with Crippen molar-refractivity contribution in [1.29, 1.82) is 0 Å². The predicted molar refractivity (Wildman–Crippen MR) is 146 cm³/mol. The summed E-state index contributed by atoms with van der Waals surface area (Å²) in [5, 5.41) is 7.64. The standard InChI is InChI=1S/C29H29N5O4/c1-19-16-21(10-13-26(19)38-15-14-36-2)29(35)32-27-17-25(28-30-23-6-4-5-7-24(23)31-28)34(33-27)18-20-8-11-22(37-3)12-9-20/h4-13,16-17H,14-15,18H2,1-3H3,(H,30,31)(H,32,33,35). The van der Waals surface area contributed by atoms with Crippen LogP contribution in [0.4, 0.5) is 5.82 Å². The number of aromatic nitrogens is 4. The summed E-state index contributed by atoms with van der Waals surface area (Å²) in [7, 11) is 3.27. The number of aryl methyl sites for hydroxylation is 1. The minimum Gasteiger partial charge on any atom is -0.497 e. The van der Waals surface area contributed by atoms with Crippen LogP contribution in [0, 0.1) is 6.92 Å². The van der Waals surface area contributed by atoms with Crippen LogP contribution in [0.5, 0.6) is 11.5 Å². The van der Waals surface area contributed by atoms with Crippen molar-refractivity contribution in [3.05, 3.63) is 89.5 Å². The van der Waals surface area contributed by atoms with E-state index in [2.05, 4.69) is 10.3 Å². The maximum absolute atomic E-state index is 13.1. The van der Waals surface area contributed by atoms with Crippen molar-refractivity contribution in [2.24, 2.45) is 0 Å². The van der Waals surface area contributed by atoms with Crippen LogP contribution in [0.3, 0.4) is 0 Å². The van der Waals surface area contributed by atoms with Gasteiger partial charge in [0.1, 0.15) is 23.8 Å². The van der Waals surface area contributed by atoms with E-state index in [0.717, 1.165) is 39.4 Å². The molecule has 5 aromatic rings. The Labute approximate surface area is 220 Å². The van der Waals surface area contributed by atoms with Crippen LogP contribution >= 0.6 is 0 Å². The summed E-state index contributed by atoms with van der Waals surface area (Å²) < 4.78 is 17.8. The first-order valence-corrected chi connectivity index (χ1v) is 12.2. The molecule has 0 aliphatic rings. The molecule has 38 heavy (non-hydrogen) atoms. The number of nitrogens with one attached hydrogen (secondary N) is 2. The van der Waals surface area contributed by atoms with E-state index < -0.39 is 0 Å². The zero-order valence-electron chi connectivity index (χ0n) is 21.5. The van der Waals surface area contributed by atoms with Crippen molar-refractivity contribution in [1.82, 2.24) is 19.7 Å². The van der Waals surface area contributed by atoms with Crippen molar-refractivity contribution < 1.29 is 19.0 Å². The summed E-state index contributed by atoms with van der Waals surface area (Å²) in [4.78, 5) is 21.2. The first kappa shape index (κ1) is 25.0. The van der Waals surface area contributed by atoms with Crippen molar-refractivity contribution in [3.8, 4) is 23.0 Å². The molecule has 0 bridgehead atoms. The van der Waals surface area contributed by atoms with Gasteiger partial charge in [0.2, 0.25) is 0 Å². The van der Waals surface area contributed by atoms with Gasteiger partial charge in [-0.25, -0.2) is 4.98 Å². The molecule has 0 spiro atoms. The largest absolute Gasteiger partial charge is 0.497 e. The van der Waals surface area contributed by atoms with E-state index in [1.807, 2.05) is 66.2 Å². The Kier molecular flexibility index (Phi) is 7.37. The molecule has 0 saturated heterocycles. The third kappa shape index (κ3) is 5.52. The number of rotatable bonds is 10. The van der Waals surface area contributed by atoms with E-state index in [9.17, 15) is 4.79 Å². The highest BCUT2D eigenvalue weighted by molar-refractivity contribution is 6.04. The summed E-state index contributed by atoms with van der Waals surface area (Å²) >= 11 is 0. The van der Waals surface area contributed by atoms with Gasteiger partial charge in [0.15, 0.2) is 11.6 Å². The van der Waals surface area contributed by atoms with E-state index in [0.29, 0.717) is 37.0 Å². The van der Waals surface area contributed by atoms with Crippen LogP contribution in [-0.2, 0) is 11.3 Å². The van der Waals surface area contributed by atoms with Gasteiger partial charge in [0.05, 0.1) is 31.3 Å². The van der Waals surface area contributed by atoms with Crippen LogP contribution in [0.1, 0.15) is 21.5 Å². The lowest BCUT2D eigenvalue weighted by molar-refractivity contribution is 0.102. The second-order valence-corrected chi connectivity index (χ2v) is 8.80. The van der Waals surface area contributed by atoms with Gasteiger partial charge in [-0.15, -0.1) is 0 Å². The molecule has 1 amide bonds. The number of nitrogens with zero attached hydrogens (tertiary/aromatic N) is 3. The molecule has 2 aromatic heterocycles. The molecule has 2 N–H and O–H groups in total. The first-order chi connectivity index (χ1) is 18.5. The smallest absolute Gasteiger partial charge is 0.256 e. The van der Waals surface area contributed by atoms with Gasteiger partial charge in [-0.1, -0.05) is 24.3 Å². The Morgan fingerprint density at radius 3 is 2.55 bits per heavy atom. The van der Waals surface area contributed by atoms with Crippen molar-refractivity contribution >= 4 is 22.8 Å². The minimum atomic E-state index is -0.262. The number of amides is 1. The van der Waals surface area contributed by atoms with Crippen molar-refractivity contribution in [2.45, 2.75) is 13.5 Å². The molecule has 2 heterocycles. The first-order valence-electron chi connectivity index (χ1n) is 12.2. The number of methoxy groups -OCH3 is 2. The van der Waals surface area contributed by atoms with Gasteiger partial charge in [-0.2, -0.15) is 5.10 Å². The molecule has 9 heteroatoms. The molecule has 0 fully saturated rings. The fraction of sp³-hybridized carbons (Fsp3) is 0.207. The Hall–Kier alpha value is -4.63. The van der Waals surface area contributed by atoms with E-state index >= 15 is 0 Å². The summed E-state index contributed by atoms with van der Waals surface area (Å²) in [5.74, 6) is 2.33. The second kappa shape index (κ2) is 11.2. The number of carbonyl (C=O) groups is 1. The van der Waals surface area contributed by atoms with Crippen molar-refractivity contribution in [2.75, 3.05) is 32.8 Å². The zero-order chi connectivity index (χ0) is 26.5. The zero-order valence-corrected chi connectivity index (χ0v) is 21.5. The summed E-state index contributed by atoms with van der Waals surface area (Å²) in [6, 6.07) is 22.8. The minimum absolute atomic E-state index is 0.262. The number of ether oxygens (including phenoxy) is 3. The highest BCUT2D eigenvalue weighted by Crippen LogP contribution is 2.26. The number of hydrogen-bond acceptors (Lipinski definition) is 6. The highest BCUT2D eigenvalue weighted by atomic mass is 16.5. The SMILES string of the molecule is COCCOc1ccc(C(=O)Nc2cc(-c3nc4ccccc4[nH]3)n(Cc3ccc(OC)cc3)n2)cc1C. The van der Waals surface area contributed by atoms with Crippen LogP contribution in [0.2, 0.25) is 0 Å². The summed E-state index contributed by atoms with van der Waals surface area (Å²) in [6.07, 6.45) is 0. The number of fused-ring (bicyclic) bond motifs is 1. The lowest BCUT2D eigenvalue weighted by atomic mass is 10.1. The predicted octanol–water partition coefficient (Wildman–Crippen LogP) is 5.07. The Morgan fingerprint density at radius 1 is 1.00 bits per heavy atom. The lowest BCUT2D eigenvalue weighted by Gasteiger charge is -2.10. The van der Waals surface area contributed by atoms with E-state index in [1.54, 1.807) is 32.4 Å². The lowest BCUT2D eigenvalue weighted by Crippen LogP contribution is -2.13. The molecule has 0 aliphatic heterocycles. The quantitative estimate of drug-likeness (QED) is 0.254. The molecule has 5 rings (SSSR count). The van der Waals surface area contributed by atoms with E-state index in [4.69, 9.17) is 24.3 Å². The van der Waals surface area contributed by atoms with Gasteiger partial charge in [-0.3, -0.25) is 9.48 Å². The molecule has 3 aromatic carbocycles. The number of aromatic amines is 1. The number of para-hydroxylation sites is 2. The highest BCUT2D eigenvalue weighted by Gasteiger charge is 2.17. The average Bonchev–Trinajstić information content (AvgIpc) is 3.53. The summed E-state index contributed by atoms with van der Waals surface area (Å²) in [6.45, 7) is 3.33. The molecule has 194 valence electrons. The molecule has 0 aliphatic carbocycles. The number of anilines is 1. The van der Waals surface area contributed by atoms with Crippen LogP contribution < -0.4 is 14.8 Å². The summed E-state index contributed by atoms with van der Waals surface area (Å²) in [5.41, 5.74) is 4.94. The second-order valence-electron chi connectivity index (χ2n) is 8.80. The topological polar surface area (TPSA) is 103 Å². The average molecular weight is 512 g/mol. The molecule has 0 unspecified atom stereocenters. The number of imidazole rings is 1. The fourth-order valence-electron chi connectivity index (χ4n) is 4.14. The molecular weight excluding hydrogens is 482 g/mol. The molecule has 9 nitrogen and oxygen atoms in total. The third-order valence-electron chi connectivity index (χ3n) is 6.13. The van der Waals surface area contributed by atoms with E-state index in [-0.39, 0.29) is 5.91 Å². The van der Waals surface area contributed by atoms with Gasteiger partial charge in [0.25, 0.3) is 5.91 Å².